The number of sulfonamides is 1. The minimum atomic E-state index is -3.54. The molecule has 0 radical (unpaired) electrons. The van der Waals surface area contributed by atoms with Crippen LogP contribution in [0.3, 0.4) is 0 Å². The van der Waals surface area contributed by atoms with Crippen LogP contribution in [0.4, 0.5) is 4.39 Å². The number of piperidine rings is 1. The summed E-state index contributed by atoms with van der Waals surface area (Å²) < 4.78 is 45.4. The van der Waals surface area contributed by atoms with Crippen LogP contribution in [0.1, 0.15) is 23.2 Å². The molecule has 1 spiro atoms. The maximum absolute atomic E-state index is 13.0. The minimum Gasteiger partial charge on any atom is -0.497 e. The van der Waals surface area contributed by atoms with Gasteiger partial charge in [-0.2, -0.15) is 4.31 Å². The largest absolute Gasteiger partial charge is 0.497 e. The lowest BCUT2D eigenvalue weighted by molar-refractivity contribution is -0.0212. The fraction of sp³-hybridized carbons (Fsp3) is 0.381. The summed E-state index contributed by atoms with van der Waals surface area (Å²) >= 11 is 0. The summed E-state index contributed by atoms with van der Waals surface area (Å²) in [4.78, 5) is 14.5. The summed E-state index contributed by atoms with van der Waals surface area (Å²) in [6.07, 6.45) is 1.44. The van der Waals surface area contributed by atoms with Gasteiger partial charge in [-0.1, -0.05) is 0 Å². The summed E-state index contributed by atoms with van der Waals surface area (Å²) in [5.41, 5.74) is 0.447. The zero-order valence-electron chi connectivity index (χ0n) is 16.2. The van der Waals surface area contributed by atoms with Gasteiger partial charge in [0.1, 0.15) is 11.6 Å². The number of methoxy groups -OCH3 is 1. The molecular formula is C21H23FN2O4S. The highest BCUT2D eigenvalue weighted by Crippen LogP contribution is 2.42. The third-order valence-electron chi connectivity index (χ3n) is 5.91. The Labute approximate surface area is 169 Å². The summed E-state index contributed by atoms with van der Waals surface area (Å²) in [5.74, 6) is 0.137. The van der Waals surface area contributed by atoms with Gasteiger partial charge in [-0.05, 0) is 61.4 Å². The number of nitrogens with zero attached hydrogens (tertiary/aromatic N) is 2. The summed E-state index contributed by atoms with van der Waals surface area (Å²) in [5, 5.41) is 0. The molecule has 0 unspecified atom stereocenters. The van der Waals surface area contributed by atoms with Crippen LogP contribution in [0.2, 0.25) is 0 Å². The number of carbonyl (C=O) groups excluding carboxylic acids is 1. The van der Waals surface area contributed by atoms with E-state index in [9.17, 15) is 17.6 Å². The molecular weight excluding hydrogens is 395 g/mol. The Hall–Kier alpha value is -2.45. The number of likely N-dealkylation sites (tertiary alicyclic amines) is 1. The lowest BCUT2D eigenvalue weighted by Crippen LogP contribution is -2.62. The van der Waals surface area contributed by atoms with E-state index in [4.69, 9.17) is 4.74 Å². The number of benzene rings is 2. The molecule has 2 heterocycles. The second-order valence-corrected chi connectivity index (χ2v) is 9.69. The molecule has 2 fully saturated rings. The van der Waals surface area contributed by atoms with Crippen molar-refractivity contribution in [2.45, 2.75) is 17.7 Å². The van der Waals surface area contributed by atoms with Crippen molar-refractivity contribution in [3.8, 4) is 5.75 Å². The van der Waals surface area contributed by atoms with Crippen molar-refractivity contribution in [2.75, 3.05) is 33.3 Å². The van der Waals surface area contributed by atoms with Crippen LogP contribution in [0.15, 0.2) is 53.4 Å². The Balaban J connectivity index is 1.36. The molecule has 2 saturated heterocycles. The van der Waals surface area contributed by atoms with Gasteiger partial charge in [0, 0.05) is 37.2 Å². The van der Waals surface area contributed by atoms with Crippen LogP contribution in [0.25, 0.3) is 0 Å². The molecule has 0 atom stereocenters. The van der Waals surface area contributed by atoms with Crippen molar-refractivity contribution in [3.63, 3.8) is 0 Å². The topological polar surface area (TPSA) is 66.9 Å². The zero-order chi connectivity index (χ0) is 20.6. The Morgan fingerprint density at radius 3 is 2.14 bits per heavy atom. The lowest BCUT2D eigenvalue weighted by atomic mass is 9.72. The van der Waals surface area contributed by atoms with Gasteiger partial charge in [-0.15, -0.1) is 0 Å². The van der Waals surface area contributed by atoms with E-state index in [0.717, 1.165) is 12.8 Å². The smallest absolute Gasteiger partial charge is 0.253 e. The first kappa shape index (κ1) is 19.8. The van der Waals surface area contributed by atoms with Crippen LogP contribution in [-0.2, 0) is 10.0 Å². The first-order chi connectivity index (χ1) is 13.8. The van der Waals surface area contributed by atoms with E-state index in [1.165, 1.54) is 35.7 Å². The Morgan fingerprint density at radius 1 is 1.00 bits per heavy atom. The van der Waals surface area contributed by atoms with E-state index in [2.05, 4.69) is 0 Å². The van der Waals surface area contributed by atoms with E-state index in [1.807, 2.05) is 0 Å². The molecule has 2 aromatic carbocycles. The van der Waals surface area contributed by atoms with Crippen LogP contribution < -0.4 is 4.74 Å². The quantitative estimate of drug-likeness (QED) is 0.766. The molecule has 2 aromatic rings. The van der Waals surface area contributed by atoms with Crippen molar-refractivity contribution in [1.29, 1.82) is 0 Å². The minimum absolute atomic E-state index is 0.0262. The molecule has 0 saturated carbocycles. The molecule has 6 nitrogen and oxygen atoms in total. The van der Waals surface area contributed by atoms with Crippen molar-refractivity contribution in [1.82, 2.24) is 9.21 Å². The van der Waals surface area contributed by atoms with Crippen LogP contribution in [0.5, 0.6) is 5.75 Å². The van der Waals surface area contributed by atoms with Gasteiger partial charge in [-0.25, -0.2) is 12.8 Å². The highest BCUT2D eigenvalue weighted by Gasteiger charge is 2.48. The fourth-order valence-electron chi connectivity index (χ4n) is 4.10. The molecule has 154 valence electrons. The van der Waals surface area contributed by atoms with Crippen LogP contribution in [-0.4, -0.2) is 56.8 Å². The van der Waals surface area contributed by atoms with Gasteiger partial charge in [-0.3, -0.25) is 4.79 Å². The average molecular weight is 418 g/mol. The molecule has 0 aromatic heterocycles. The van der Waals surface area contributed by atoms with Gasteiger partial charge in [0.05, 0.1) is 12.0 Å². The Morgan fingerprint density at radius 2 is 1.59 bits per heavy atom. The number of amides is 1. The number of hydrogen-bond donors (Lipinski definition) is 0. The monoisotopic (exact) mass is 418 g/mol. The molecule has 2 aliphatic rings. The molecule has 0 aliphatic carbocycles. The normalized spacial score (nSPS) is 19.0. The van der Waals surface area contributed by atoms with E-state index in [1.54, 1.807) is 29.2 Å². The molecule has 4 rings (SSSR count). The van der Waals surface area contributed by atoms with E-state index >= 15 is 0 Å². The first-order valence-corrected chi connectivity index (χ1v) is 11.0. The third kappa shape index (κ3) is 3.74. The number of halogens is 1. The highest BCUT2D eigenvalue weighted by molar-refractivity contribution is 7.89. The average Bonchev–Trinajstić information content (AvgIpc) is 2.72. The summed E-state index contributed by atoms with van der Waals surface area (Å²) in [6, 6.07) is 12.0. The predicted octanol–water partition coefficient (Wildman–Crippen LogP) is 2.76. The maximum atomic E-state index is 13.0. The highest BCUT2D eigenvalue weighted by atomic mass is 32.2. The zero-order valence-corrected chi connectivity index (χ0v) is 17.0. The standard InChI is InChI=1S/C21H23FN2O4S/c1-28-18-6-8-19(9-7-18)29(26,27)24-12-10-21(11-13-24)14-23(15-21)20(25)16-2-4-17(22)5-3-16/h2-9H,10-15H2,1H3. The number of hydrogen-bond acceptors (Lipinski definition) is 4. The van der Waals surface area contributed by atoms with Crippen LogP contribution >= 0.6 is 0 Å². The number of ether oxygens (including phenoxy) is 1. The number of carbonyl (C=O) groups is 1. The summed E-state index contributed by atoms with van der Waals surface area (Å²) in [7, 11) is -2.00. The molecule has 8 heteroatoms. The fourth-order valence-corrected chi connectivity index (χ4v) is 5.54. The van der Waals surface area contributed by atoms with E-state index in [-0.39, 0.29) is 22.0 Å². The molecule has 1 amide bonds. The second kappa shape index (κ2) is 7.42. The molecule has 0 N–H and O–H groups in total. The van der Waals surface area contributed by atoms with Gasteiger partial charge < -0.3 is 9.64 Å². The van der Waals surface area contributed by atoms with E-state index in [0.29, 0.717) is 37.5 Å². The van der Waals surface area contributed by atoms with Gasteiger partial charge in [0.25, 0.3) is 5.91 Å². The summed E-state index contributed by atoms with van der Waals surface area (Å²) in [6.45, 7) is 2.10. The van der Waals surface area contributed by atoms with Crippen molar-refractivity contribution >= 4 is 15.9 Å². The second-order valence-electron chi connectivity index (χ2n) is 7.75. The Bertz CT molecular complexity index is 990. The third-order valence-corrected chi connectivity index (χ3v) is 7.82. The molecule has 2 aliphatic heterocycles. The van der Waals surface area contributed by atoms with E-state index < -0.39 is 10.0 Å². The van der Waals surface area contributed by atoms with Crippen LogP contribution in [0, 0.1) is 11.2 Å². The van der Waals surface area contributed by atoms with Crippen molar-refractivity contribution in [3.05, 3.63) is 59.9 Å². The van der Waals surface area contributed by atoms with Gasteiger partial charge in [0.15, 0.2) is 0 Å². The number of rotatable bonds is 4. The SMILES string of the molecule is COc1ccc(S(=O)(=O)N2CCC3(CC2)CN(C(=O)c2ccc(F)cc2)C3)cc1. The maximum Gasteiger partial charge on any atom is 0.253 e. The van der Waals surface area contributed by atoms with Gasteiger partial charge in [0.2, 0.25) is 10.0 Å². The lowest BCUT2D eigenvalue weighted by Gasteiger charge is -2.53. The van der Waals surface area contributed by atoms with Gasteiger partial charge >= 0.3 is 0 Å². The molecule has 0 bridgehead atoms. The van der Waals surface area contributed by atoms with Crippen molar-refractivity contribution < 1.29 is 22.3 Å². The predicted molar refractivity (Wildman–Crippen MR) is 106 cm³/mol. The molecule has 29 heavy (non-hydrogen) atoms. The Kier molecular flexibility index (Phi) is 5.08. The first-order valence-electron chi connectivity index (χ1n) is 9.52. The van der Waals surface area contributed by atoms with Crippen molar-refractivity contribution in [2.24, 2.45) is 5.41 Å².